The van der Waals surface area contributed by atoms with Crippen LogP contribution in [0.3, 0.4) is 0 Å². The first-order valence-corrected chi connectivity index (χ1v) is 5.80. The number of aliphatic hydroxyl groups is 1. The summed E-state index contributed by atoms with van der Waals surface area (Å²) in [4.78, 5) is 0. The minimum absolute atomic E-state index is 0.00787. The van der Waals surface area contributed by atoms with Gasteiger partial charge in [0.15, 0.2) is 0 Å². The average molecular weight is 288 g/mol. The molecule has 0 fully saturated rings. The molecule has 0 amide bonds. The van der Waals surface area contributed by atoms with Crippen molar-refractivity contribution in [1.29, 1.82) is 0 Å². The van der Waals surface area contributed by atoms with E-state index >= 15 is 0 Å². The first-order valence-electron chi connectivity index (χ1n) is 5.80. The van der Waals surface area contributed by atoms with Gasteiger partial charge in [0.1, 0.15) is 5.82 Å². The van der Waals surface area contributed by atoms with Crippen LogP contribution in [0.25, 0.3) is 0 Å². The number of halogens is 4. The van der Waals surface area contributed by atoms with Gasteiger partial charge in [-0.1, -0.05) is 12.1 Å². The Bertz CT molecular complexity index is 607. The Hall–Kier alpha value is -1.89. The lowest BCUT2D eigenvalue weighted by atomic mass is 10.0. The highest BCUT2D eigenvalue weighted by atomic mass is 19.4. The zero-order chi connectivity index (χ0) is 14.9. The van der Waals surface area contributed by atoms with Crippen molar-refractivity contribution in [2.75, 3.05) is 0 Å². The Balaban J connectivity index is 2.28. The van der Waals surface area contributed by atoms with Crippen LogP contribution in [0.15, 0.2) is 30.6 Å². The van der Waals surface area contributed by atoms with Crippen molar-refractivity contribution < 1.29 is 22.7 Å². The van der Waals surface area contributed by atoms with E-state index in [1.54, 1.807) is 13.2 Å². The molecule has 0 saturated heterocycles. The summed E-state index contributed by atoms with van der Waals surface area (Å²) >= 11 is 0. The second-order valence-electron chi connectivity index (χ2n) is 4.45. The monoisotopic (exact) mass is 288 g/mol. The van der Waals surface area contributed by atoms with Gasteiger partial charge in [0.2, 0.25) is 0 Å². The van der Waals surface area contributed by atoms with Crippen LogP contribution < -0.4 is 0 Å². The predicted molar refractivity (Wildman–Crippen MR) is 63.3 cm³/mol. The lowest BCUT2D eigenvalue weighted by molar-refractivity contribution is -0.140. The number of hydrogen-bond donors (Lipinski definition) is 1. The van der Waals surface area contributed by atoms with Gasteiger partial charge in [-0.15, -0.1) is 0 Å². The third kappa shape index (κ3) is 2.98. The lowest BCUT2D eigenvalue weighted by Crippen LogP contribution is -2.12. The number of alkyl halides is 3. The zero-order valence-corrected chi connectivity index (χ0v) is 10.5. The molecule has 1 aromatic heterocycles. The Labute approximate surface area is 112 Å². The molecule has 0 aliphatic carbocycles. The summed E-state index contributed by atoms with van der Waals surface area (Å²) in [6, 6.07) is 2.87. The van der Waals surface area contributed by atoms with Crippen molar-refractivity contribution >= 4 is 0 Å². The van der Waals surface area contributed by atoms with E-state index in [2.05, 4.69) is 5.10 Å². The molecule has 0 aliphatic rings. The van der Waals surface area contributed by atoms with Crippen LogP contribution in [0.4, 0.5) is 17.6 Å². The molecule has 0 radical (unpaired) electrons. The molecule has 0 saturated carbocycles. The third-order valence-corrected chi connectivity index (χ3v) is 2.88. The van der Waals surface area contributed by atoms with Crippen molar-refractivity contribution in [3.05, 3.63) is 53.1 Å². The van der Waals surface area contributed by atoms with Crippen LogP contribution in [0.2, 0.25) is 0 Å². The molecule has 7 heteroatoms. The standard InChI is InChI=1S/C13H12F4N2O/c1-19-7-8(6-18-19)5-11(20)9-3-2-4-10(12(9)14)13(15,16)17/h2-4,6-7,11,20H,5H2,1H3. The van der Waals surface area contributed by atoms with Crippen molar-refractivity contribution in [3.63, 3.8) is 0 Å². The molecule has 0 spiro atoms. The van der Waals surface area contributed by atoms with Gasteiger partial charge in [0.05, 0.1) is 17.9 Å². The molecule has 20 heavy (non-hydrogen) atoms. The summed E-state index contributed by atoms with van der Waals surface area (Å²) in [6.07, 6.45) is -3.08. The summed E-state index contributed by atoms with van der Waals surface area (Å²) < 4.78 is 53.1. The van der Waals surface area contributed by atoms with E-state index in [0.717, 1.165) is 12.1 Å². The quantitative estimate of drug-likeness (QED) is 0.882. The summed E-state index contributed by atoms with van der Waals surface area (Å²) in [5.74, 6) is -1.43. The molecule has 3 nitrogen and oxygen atoms in total. The molecule has 1 unspecified atom stereocenters. The second kappa shape index (κ2) is 5.24. The molecule has 0 aliphatic heterocycles. The topological polar surface area (TPSA) is 38.0 Å². The molecule has 1 atom stereocenters. The van der Waals surface area contributed by atoms with E-state index in [1.807, 2.05) is 0 Å². The van der Waals surface area contributed by atoms with Crippen LogP contribution in [0.1, 0.15) is 22.8 Å². The van der Waals surface area contributed by atoms with Crippen molar-refractivity contribution in [3.8, 4) is 0 Å². The van der Waals surface area contributed by atoms with E-state index in [-0.39, 0.29) is 12.0 Å². The fraction of sp³-hybridized carbons (Fsp3) is 0.308. The Morgan fingerprint density at radius 3 is 2.60 bits per heavy atom. The smallest absolute Gasteiger partial charge is 0.388 e. The first-order chi connectivity index (χ1) is 9.29. The molecular weight excluding hydrogens is 276 g/mol. The highest BCUT2D eigenvalue weighted by Gasteiger charge is 2.35. The number of nitrogens with zero attached hydrogens (tertiary/aromatic N) is 2. The van der Waals surface area contributed by atoms with Crippen LogP contribution in [-0.2, 0) is 19.6 Å². The average Bonchev–Trinajstić information content (AvgIpc) is 2.73. The van der Waals surface area contributed by atoms with Gasteiger partial charge in [-0.25, -0.2) is 4.39 Å². The SMILES string of the molecule is Cn1cc(CC(O)c2cccc(C(F)(F)F)c2F)cn1. The highest BCUT2D eigenvalue weighted by Crippen LogP contribution is 2.34. The van der Waals surface area contributed by atoms with Gasteiger partial charge in [-0.3, -0.25) is 4.68 Å². The predicted octanol–water partition coefficient (Wildman–Crippen LogP) is 2.85. The van der Waals surface area contributed by atoms with Crippen molar-refractivity contribution in [1.82, 2.24) is 9.78 Å². The van der Waals surface area contributed by atoms with Crippen molar-refractivity contribution in [2.24, 2.45) is 7.05 Å². The van der Waals surface area contributed by atoms with Crippen molar-refractivity contribution in [2.45, 2.75) is 18.7 Å². The minimum Gasteiger partial charge on any atom is -0.388 e. The first kappa shape index (κ1) is 14.5. The molecule has 1 N–H and O–H groups in total. The largest absolute Gasteiger partial charge is 0.419 e. The van der Waals surface area contributed by atoms with Crippen LogP contribution in [-0.4, -0.2) is 14.9 Å². The fourth-order valence-corrected chi connectivity index (χ4v) is 1.94. The van der Waals surface area contributed by atoms with E-state index in [9.17, 15) is 22.7 Å². The molecule has 108 valence electrons. The molecule has 0 bridgehead atoms. The number of rotatable bonds is 3. The van der Waals surface area contributed by atoms with E-state index in [0.29, 0.717) is 11.6 Å². The third-order valence-electron chi connectivity index (χ3n) is 2.88. The number of hydrogen-bond acceptors (Lipinski definition) is 2. The Morgan fingerprint density at radius 1 is 1.35 bits per heavy atom. The number of aromatic nitrogens is 2. The normalized spacial score (nSPS) is 13.5. The van der Waals surface area contributed by atoms with Crippen LogP contribution >= 0.6 is 0 Å². The maximum atomic E-state index is 13.8. The molecule has 1 heterocycles. The number of aliphatic hydroxyl groups excluding tert-OH is 1. The van der Waals surface area contributed by atoms with Crippen LogP contribution in [0, 0.1) is 5.82 Å². The lowest BCUT2D eigenvalue weighted by Gasteiger charge is -2.15. The number of benzene rings is 1. The summed E-state index contributed by atoms with van der Waals surface area (Å²) in [6.45, 7) is 0. The summed E-state index contributed by atoms with van der Waals surface area (Å²) in [5, 5.41) is 13.8. The van der Waals surface area contributed by atoms with Gasteiger partial charge in [0.25, 0.3) is 0 Å². The highest BCUT2D eigenvalue weighted by molar-refractivity contribution is 5.30. The van der Waals surface area contributed by atoms with Gasteiger partial charge < -0.3 is 5.11 Å². The van der Waals surface area contributed by atoms with Gasteiger partial charge in [-0.05, 0) is 11.6 Å². The maximum Gasteiger partial charge on any atom is 0.419 e. The second-order valence-corrected chi connectivity index (χ2v) is 4.45. The van der Waals surface area contributed by atoms with Crippen LogP contribution in [0.5, 0.6) is 0 Å². The molecular formula is C13H12F4N2O. The van der Waals surface area contributed by atoms with E-state index in [4.69, 9.17) is 0 Å². The summed E-state index contributed by atoms with van der Waals surface area (Å²) in [7, 11) is 1.67. The molecule has 1 aromatic carbocycles. The number of aryl methyl sites for hydroxylation is 1. The molecule has 2 aromatic rings. The van der Waals surface area contributed by atoms with Gasteiger partial charge in [0, 0.05) is 25.2 Å². The molecule has 2 rings (SSSR count). The summed E-state index contributed by atoms with van der Waals surface area (Å²) in [5.41, 5.74) is -1.14. The maximum absolute atomic E-state index is 13.8. The Kier molecular flexibility index (Phi) is 3.80. The van der Waals surface area contributed by atoms with E-state index in [1.165, 1.54) is 10.9 Å². The van der Waals surface area contributed by atoms with Gasteiger partial charge >= 0.3 is 6.18 Å². The fourth-order valence-electron chi connectivity index (χ4n) is 1.94. The van der Waals surface area contributed by atoms with Gasteiger partial charge in [-0.2, -0.15) is 18.3 Å². The van der Waals surface area contributed by atoms with E-state index < -0.39 is 23.7 Å². The Morgan fingerprint density at radius 2 is 2.05 bits per heavy atom. The minimum atomic E-state index is -4.78. The zero-order valence-electron chi connectivity index (χ0n) is 10.5.